The lowest BCUT2D eigenvalue weighted by atomic mass is 9.84. The maximum absolute atomic E-state index is 13.3. The van der Waals surface area contributed by atoms with Crippen molar-refractivity contribution in [3.05, 3.63) is 52.6 Å². The standard InChI is InChI=1S/C26H37N5O3/c1-7-12-33-17-18-13-19(15-20(14-18)26(4,5)6)22(32)16-30-25(27)31-23(28-30)10-11-24(29-31)34-21(8-2)9-3/h10-11,13-15,21,27H,7-9,12,16-17H2,1-6H3. The van der Waals surface area contributed by atoms with Gasteiger partial charge in [-0.25, -0.2) is 4.68 Å². The summed E-state index contributed by atoms with van der Waals surface area (Å²) in [5, 5.41) is 17.3. The van der Waals surface area contributed by atoms with Crippen LogP contribution in [0.2, 0.25) is 0 Å². The molecule has 0 aliphatic heterocycles. The summed E-state index contributed by atoms with van der Waals surface area (Å²) < 4.78 is 14.4. The minimum Gasteiger partial charge on any atom is -0.473 e. The van der Waals surface area contributed by atoms with E-state index in [1.165, 1.54) is 9.20 Å². The van der Waals surface area contributed by atoms with Crippen molar-refractivity contribution >= 4 is 11.4 Å². The topological polar surface area (TPSA) is 94.5 Å². The molecule has 0 saturated heterocycles. The van der Waals surface area contributed by atoms with Crippen LogP contribution in [0.3, 0.4) is 0 Å². The van der Waals surface area contributed by atoms with Crippen molar-refractivity contribution in [3.8, 4) is 5.88 Å². The number of carbonyl (C=O) groups is 1. The highest BCUT2D eigenvalue weighted by molar-refractivity contribution is 5.96. The van der Waals surface area contributed by atoms with Gasteiger partial charge in [-0.1, -0.05) is 47.6 Å². The molecule has 1 aromatic carbocycles. The zero-order chi connectivity index (χ0) is 24.9. The molecule has 2 heterocycles. The lowest BCUT2D eigenvalue weighted by Crippen LogP contribution is -2.27. The quantitative estimate of drug-likeness (QED) is 0.326. The van der Waals surface area contributed by atoms with Crippen molar-refractivity contribution in [3.63, 3.8) is 0 Å². The number of ketones is 1. The third-order valence-corrected chi connectivity index (χ3v) is 5.75. The first-order valence-electron chi connectivity index (χ1n) is 12.1. The van der Waals surface area contributed by atoms with E-state index in [1.54, 1.807) is 12.1 Å². The minimum absolute atomic E-state index is 0.0248. The van der Waals surface area contributed by atoms with Crippen LogP contribution in [0.1, 0.15) is 82.3 Å². The van der Waals surface area contributed by atoms with E-state index in [1.807, 2.05) is 12.1 Å². The van der Waals surface area contributed by atoms with E-state index >= 15 is 0 Å². The molecule has 2 aromatic heterocycles. The Hall–Kier alpha value is -3.00. The monoisotopic (exact) mass is 467 g/mol. The third kappa shape index (κ3) is 6.11. The van der Waals surface area contributed by atoms with Gasteiger partial charge in [-0.2, -0.15) is 4.52 Å². The molecule has 0 bridgehead atoms. The van der Waals surface area contributed by atoms with Gasteiger partial charge in [0.05, 0.1) is 12.7 Å². The molecule has 0 amide bonds. The number of nitrogens with one attached hydrogen (secondary N) is 1. The second kappa shape index (κ2) is 11.0. The molecule has 0 unspecified atom stereocenters. The summed E-state index contributed by atoms with van der Waals surface area (Å²) in [6, 6.07) is 9.43. The zero-order valence-electron chi connectivity index (χ0n) is 21.2. The second-order valence-electron chi connectivity index (χ2n) is 9.62. The van der Waals surface area contributed by atoms with E-state index in [4.69, 9.17) is 14.9 Å². The van der Waals surface area contributed by atoms with Crippen LogP contribution in [0.5, 0.6) is 5.88 Å². The summed E-state index contributed by atoms with van der Waals surface area (Å²) in [6.45, 7) is 13.7. The lowest BCUT2D eigenvalue weighted by molar-refractivity contribution is 0.0964. The zero-order valence-corrected chi connectivity index (χ0v) is 21.2. The number of aromatic nitrogens is 4. The Labute approximate surface area is 201 Å². The van der Waals surface area contributed by atoms with Gasteiger partial charge in [0.1, 0.15) is 6.54 Å². The number of nitrogens with zero attached hydrogens (tertiary/aromatic N) is 4. The summed E-state index contributed by atoms with van der Waals surface area (Å²) in [6.07, 6.45) is 2.77. The molecule has 1 N–H and O–H groups in total. The molecular formula is C26H37N5O3. The van der Waals surface area contributed by atoms with Crippen LogP contribution in [0, 0.1) is 5.41 Å². The Kier molecular flexibility index (Phi) is 8.25. The van der Waals surface area contributed by atoms with Crippen LogP contribution >= 0.6 is 0 Å². The average Bonchev–Trinajstić information content (AvgIpc) is 3.11. The van der Waals surface area contributed by atoms with Crippen molar-refractivity contribution in [2.45, 2.75) is 85.5 Å². The van der Waals surface area contributed by atoms with Crippen molar-refractivity contribution < 1.29 is 14.3 Å². The molecule has 3 aromatic rings. The van der Waals surface area contributed by atoms with Crippen molar-refractivity contribution in [2.75, 3.05) is 6.61 Å². The molecule has 8 heteroatoms. The van der Waals surface area contributed by atoms with Crippen molar-refractivity contribution in [2.24, 2.45) is 0 Å². The normalized spacial score (nSPS) is 12.0. The number of Topliss-reactive ketones (excluding diaryl/α,β-unsaturated/α-hetero) is 1. The Morgan fingerprint density at radius 3 is 2.47 bits per heavy atom. The largest absolute Gasteiger partial charge is 0.473 e. The maximum atomic E-state index is 13.3. The van der Waals surface area contributed by atoms with Crippen molar-refractivity contribution in [1.82, 2.24) is 19.4 Å². The number of fused-ring (bicyclic) bond motifs is 1. The molecule has 0 spiro atoms. The Morgan fingerprint density at radius 1 is 1.09 bits per heavy atom. The van der Waals surface area contributed by atoms with Crippen LogP contribution in [-0.2, 0) is 23.3 Å². The van der Waals surface area contributed by atoms with E-state index in [9.17, 15) is 4.79 Å². The van der Waals surface area contributed by atoms with Gasteiger partial charge in [0.15, 0.2) is 11.4 Å². The number of hydrogen-bond donors (Lipinski definition) is 1. The smallest absolute Gasteiger partial charge is 0.242 e. The molecule has 0 aliphatic rings. The van der Waals surface area contributed by atoms with Crippen LogP contribution in [-0.4, -0.2) is 37.9 Å². The van der Waals surface area contributed by atoms with Gasteiger partial charge in [0.2, 0.25) is 11.5 Å². The number of benzene rings is 1. The summed E-state index contributed by atoms with van der Waals surface area (Å²) in [5.74, 6) is 0.332. The number of rotatable bonds is 11. The lowest BCUT2D eigenvalue weighted by Gasteiger charge is -2.21. The molecule has 0 radical (unpaired) electrons. The molecule has 0 saturated carbocycles. The van der Waals surface area contributed by atoms with Crippen molar-refractivity contribution in [1.29, 1.82) is 5.41 Å². The molecule has 3 rings (SSSR count). The SMILES string of the molecule is CCCOCc1cc(C(=O)Cn2nc3ccc(OC(CC)CC)nn3c2=N)cc(C(C)(C)C)c1. The van der Waals surface area contributed by atoms with E-state index in [-0.39, 0.29) is 29.5 Å². The summed E-state index contributed by atoms with van der Waals surface area (Å²) in [4.78, 5) is 13.3. The fourth-order valence-electron chi connectivity index (χ4n) is 3.64. The Morgan fingerprint density at radius 2 is 1.82 bits per heavy atom. The van der Waals surface area contributed by atoms with Crippen LogP contribution in [0.4, 0.5) is 0 Å². The van der Waals surface area contributed by atoms with Crippen LogP contribution in [0.15, 0.2) is 30.3 Å². The summed E-state index contributed by atoms with van der Waals surface area (Å²) in [5.41, 5.74) is 3.05. The van der Waals surface area contributed by atoms with E-state index < -0.39 is 0 Å². The van der Waals surface area contributed by atoms with Gasteiger partial charge in [-0.05, 0) is 54.0 Å². The number of hydrogen-bond acceptors (Lipinski definition) is 6. The van der Waals surface area contributed by atoms with E-state index in [0.717, 1.165) is 30.4 Å². The summed E-state index contributed by atoms with van der Waals surface area (Å²) >= 11 is 0. The minimum atomic E-state index is -0.113. The predicted molar refractivity (Wildman–Crippen MR) is 131 cm³/mol. The maximum Gasteiger partial charge on any atom is 0.242 e. The van der Waals surface area contributed by atoms with Gasteiger partial charge in [0, 0.05) is 18.2 Å². The Balaban J connectivity index is 1.88. The van der Waals surface area contributed by atoms with Crippen LogP contribution < -0.4 is 10.4 Å². The van der Waals surface area contributed by atoms with E-state index in [2.05, 4.69) is 57.8 Å². The molecule has 0 fully saturated rings. The summed E-state index contributed by atoms with van der Waals surface area (Å²) in [7, 11) is 0. The molecule has 184 valence electrons. The van der Waals surface area contributed by atoms with Crippen LogP contribution in [0.25, 0.3) is 5.65 Å². The second-order valence-corrected chi connectivity index (χ2v) is 9.62. The number of ether oxygens (including phenoxy) is 2. The third-order valence-electron chi connectivity index (χ3n) is 5.75. The molecule has 0 atom stereocenters. The first-order chi connectivity index (χ1) is 16.2. The first kappa shape index (κ1) is 25.6. The highest BCUT2D eigenvalue weighted by Crippen LogP contribution is 2.25. The fraction of sp³-hybridized carbons (Fsp3) is 0.538. The molecule has 8 nitrogen and oxygen atoms in total. The van der Waals surface area contributed by atoms with E-state index in [0.29, 0.717) is 30.3 Å². The molecular weight excluding hydrogens is 430 g/mol. The number of carbonyl (C=O) groups excluding carboxylic acids is 1. The Bertz CT molecular complexity index is 1190. The van der Waals surface area contributed by atoms with Gasteiger partial charge in [-0.15, -0.1) is 10.2 Å². The first-order valence-corrected chi connectivity index (χ1v) is 12.1. The van der Waals surface area contributed by atoms with Gasteiger partial charge >= 0.3 is 0 Å². The van der Waals surface area contributed by atoms with Gasteiger partial charge in [0.25, 0.3) is 0 Å². The highest BCUT2D eigenvalue weighted by Gasteiger charge is 2.19. The molecule has 0 aliphatic carbocycles. The highest BCUT2D eigenvalue weighted by atomic mass is 16.5. The van der Waals surface area contributed by atoms with Gasteiger partial charge < -0.3 is 9.47 Å². The predicted octanol–water partition coefficient (Wildman–Crippen LogP) is 4.68. The van der Waals surface area contributed by atoms with Gasteiger partial charge in [-0.3, -0.25) is 10.2 Å². The average molecular weight is 468 g/mol. The fourth-order valence-corrected chi connectivity index (χ4v) is 3.64. The molecule has 34 heavy (non-hydrogen) atoms.